The van der Waals surface area contributed by atoms with Crippen LogP contribution >= 0.6 is 11.3 Å². The molecule has 110 valence electrons. The SMILES string of the molecule is NCCCn1cc(S(=O)(=O)NCCc2cscn2)cn1. The molecule has 0 fully saturated rings. The number of nitrogens with zero attached hydrogens (tertiary/aromatic N) is 3. The van der Waals surface area contributed by atoms with Gasteiger partial charge in [0.2, 0.25) is 10.0 Å². The number of aryl methyl sites for hydroxylation is 1. The van der Waals surface area contributed by atoms with Gasteiger partial charge in [0.15, 0.2) is 0 Å². The summed E-state index contributed by atoms with van der Waals surface area (Å²) < 4.78 is 28.2. The molecule has 0 aliphatic carbocycles. The Morgan fingerprint density at radius 3 is 3.00 bits per heavy atom. The number of thiazole rings is 1. The molecule has 0 atom stereocenters. The van der Waals surface area contributed by atoms with E-state index in [1.54, 1.807) is 10.2 Å². The molecule has 7 nitrogen and oxygen atoms in total. The van der Waals surface area contributed by atoms with Gasteiger partial charge in [-0.25, -0.2) is 18.1 Å². The van der Waals surface area contributed by atoms with Crippen LogP contribution < -0.4 is 10.5 Å². The Kier molecular flexibility index (Phi) is 5.24. The second-order valence-electron chi connectivity index (χ2n) is 4.21. The van der Waals surface area contributed by atoms with Crippen LogP contribution in [0.3, 0.4) is 0 Å². The standard InChI is InChI=1S/C11H17N5O2S2/c12-3-1-5-16-7-11(6-14-16)20(17,18)15-4-2-10-8-19-9-13-10/h6-9,15H,1-5,12H2. The summed E-state index contributed by atoms with van der Waals surface area (Å²) in [4.78, 5) is 4.28. The quantitative estimate of drug-likeness (QED) is 0.725. The van der Waals surface area contributed by atoms with Crippen LogP contribution in [0.1, 0.15) is 12.1 Å². The summed E-state index contributed by atoms with van der Waals surface area (Å²) in [5.74, 6) is 0. The van der Waals surface area contributed by atoms with Crippen LogP contribution in [0.5, 0.6) is 0 Å². The normalized spacial score (nSPS) is 11.8. The van der Waals surface area contributed by atoms with Crippen molar-refractivity contribution in [3.63, 3.8) is 0 Å². The van der Waals surface area contributed by atoms with Crippen LogP contribution in [0.2, 0.25) is 0 Å². The van der Waals surface area contributed by atoms with E-state index < -0.39 is 10.0 Å². The molecular weight excluding hydrogens is 298 g/mol. The third-order valence-corrected chi connectivity index (χ3v) is 4.72. The first-order valence-electron chi connectivity index (χ1n) is 6.21. The molecule has 0 saturated carbocycles. The Bertz CT molecular complexity index is 621. The summed E-state index contributed by atoms with van der Waals surface area (Å²) >= 11 is 1.49. The zero-order chi connectivity index (χ0) is 14.4. The molecule has 0 saturated heterocycles. The van der Waals surface area contributed by atoms with E-state index in [9.17, 15) is 8.42 Å². The van der Waals surface area contributed by atoms with E-state index in [-0.39, 0.29) is 4.90 Å². The zero-order valence-electron chi connectivity index (χ0n) is 10.9. The lowest BCUT2D eigenvalue weighted by Gasteiger charge is -2.03. The summed E-state index contributed by atoms with van der Waals surface area (Å²) in [6.07, 6.45) is 4.20. The fourth-order valence-corrected chi connectivity index (χ4v) is 3.19. The van der Waals surface area contributed by atoms with E-state index in [0.29, 0.717) is 26.1 Å². The van der Waals surface area contributed by atoms with Gasteiger partial charge in [0.05, 0.1) is 17.4 Å². The molecule has 0 aliphatic heterocycles. The predicted molar refractivity (Wildman–Crippen MR) is 76.9 cm³/mol. The van der Waals surface area contributed by atoms with Crippen molar-refractivity contribution in [1.82, 2.24) is 19.5 Å². The molecular formula is C11H17N5O2S2. The Morgan fingerprint density at radius 1 is 1.45 bits per heavy atom. The van der Waals surface area contributed by atoms with Gasteiger partial charge in [-0.15, -0.1) is 11.3 Å². The first-order valence-corrected chi connectivity index (χ1v) is 8.63. The van der Waals surface area contributed by atoms with E-state index in [0.717, 1.165) is 12.1 Å². The molecule has 2 rings (SSSR count). The van der Waals surface area contributed by atoms with Gasteiger partial charge in [0.1, 0.15) is 4.90 Å². The molecule has 0 spiro atoms. The van der Waals surface area contributed by atoms with Gasteiger partial charge < -0.3 is 5.73 Å². The van der Waals surface area contributed by atoms with Gasteiger partial charge in [0, 0.05) is 31.1 Å². The fourth-order valence-electron chi connectivity index (χ4n) is 1.62. The second-order valence-corrected chi connectivity index (χ2v) is 6.69. The van der Waals surface area contributed by atoms with Crippen LogP contribution in [-0.2, 0) is 23.0 Å². The minimum absolute atomic E-state index is 0.174. The van der Waals surface area contributed by atoms with Crippen molar-refractivity contribution in [3.05, 3.63) is 29.0 Å². The molecule has 0 unspecified atom stereocenters. The third-order valence-electron chi connectivity index (χ3n) is 2.67. The van der Waals surface area contributed by atoms with E-state index in [2.05, 4.69) is 14.8 Å². The van der Waals surface area contributed by atoms with Crippen LogP contribution in [0.15, 0.2) is 28.2 Å². The molecule has 9 heteroatoms. The van der Waals surface area contributed by atoms with Gasteiger partial charge in [-0.1, -0.05) is 0 Å². The lowest BCUT2D eigenvalue weighted by Crippen LogP contribution is -2.25. The van der Waals surface area contributed by atoms with Crippen LogP contribution in [0.25, 0.3) is 0 Å². The van der Waals surface area contributed by atoms with Crippen LogP contribution in [0.4, 0.5) is 0 Å². The highest BCUT2D eigenvalue weighted by Crippen LogP contribution is 2.08. The number of aromatic nitrogens is 3. The fraction of sp³-hybridized carbons (Fsp3) is 0.455. The van der Waals surface area contributed by atoms with Gasteiger partial charge in [0.25, 0.3) is 0 Å². The monoisotopic (exact) mass is 315 g/mol. The Morgan fingerprint density at radius 2 is 2.30 bits per heavy atom. The maximum absolute atomic E-state index is 12.0. The maximum Gasteiger partial charge on any atom is 0.243 e. The summed E-state index contributed by atoms with van der Waals surface area (Å²) in [6, 6.07) is 0. The van der Waals surface area contributed by atoms with Crippen molar-refractivity contribution in [2.45, 2.75) is 24.3 Å². The summed E-state index contributed by atoms with van der Waals surface area (Å²) in [7, 11) is -3.51. The van der Waals surface area contributed by atoms with Gasteiger partial charge in [-0.2, -0.15) is 5.10 Å². The lowest BCUT2D eigenvalue weighted by molar-refractivity contribution is 0.576. The van der Waals surface area contributed by atoms with Crippen LogP contribution in [-0.4, -0.2) is 36.3 Å². The summed E-state index contributed by atoms with van der Waals surface area (Å²) in [5, 5.41) is 5.91. The van der Waals surface area contributed by atoms with Crippen molar-refractivity contribution in [2.75, 3.05) is 13.1 Å². The molecule has 0 bridgehead atoms. The highest BCUT2D eigenvalue weighted by atomic mass is 32.2. The number of rotatable bonds is 8. The number of sulfonamides is 1. The Hall–Kier alpha value is -1.29. The van der Waals surface area contributed by atoms with Crippen molar-refractivity contribution in [1.29, 1.82) is 0 Å². The van der Waals surface area contributed by atoms with Crippen molar-refractivity contribution < 1.29 is 8.42 Å². The second kappa shape index (κ2) is 6.93. The lowest BCUT2D eigenvalue weighted by atomic mass is 10.3. The average Bonchev–Trinajstić information content (AvgIpc) is 3.07. The highest BCUT2D eigenvalue weighted by Gasteiger charge is 2.15. The molecule has 0 amide bonds. The van der Waals surface area contributed by atoms with Gasteiger partial charge in [-0.05, 0) is 13.0 Å². The number of hydrogen-bond donors (Lipinski definition) is 2. The molecule has 2 aromatic rings. The number of nitrogens with one attached hydrogen (secondary N) is 1. The molecule has 3 N–H and O–H groups in total. The third kappa shape index (κ3) is 4.10. The number of hydrogen-bond acceptors (Lipinski definition) is 6. The van der Waals surface area contributed by atoms with E-state index >= 15 is 0 Å². The molecule has 2 aromatic heterocycles. The minimum atomic E-state index is -3.51. The summed E-state index contributed by atoms with van der Waals surface area (Å²) in [6.45, 7) is 1.48. The number of nitrogens with two attached hydrogens (primary N) is 1. The van der Waals surface area contributed by atoms with Crippen molar-refractivity contribution in [2.24, 2.45) is 5.73 Å². The maximum atomic E-state index is 12.0. The molecule has 2 heterocycles. The van der Waals surface area contributed by atoms with Gasteiger partial charge >= 0.3 is 0 Å². The van der Waals surface area contributed by atoms with Gasteiger partial charge in [-0.3, -0.25) is 4.68 Å². The van der Waals surface area contributed by atoms with E-state index in [4.69, 9.17) is 5.73 Å². The van der Waals surface area contributed by atoms with Crippen molar-refractivity contribution in [3.8, 4) is 0 Å². The largest absolute Gasteiger partial charge is 0.330 e. The highest BCUT2D eigenvalue weighted by molar-refractivity contribution is 7.89. The first-order chi connectivity index (χ1) is 9.62. The summed E-state index contributed by atoms with van der Waals surface area (Å²) in [5.41, 5.74) is 8.02. The van der Waals surface area contributed by atoms with E-state index in [1.165, 1.54) is 23.7 Å². The van der Waals surface area contributed by atoms with Crippen molar-refractivity contribution >= 4 is 21.4 Å². The van der Waals surface area contributed by atoms with E-state index in [1.807, 2.05) is 5.38 Å². The topological polar surface area (TPSA) is 103 Å². The molecule has 0 aliphatic rings. The molecule has 20 heavy (non-hydrogen) atoms. The molecule has 0 aromatic carbocycles. The average molecular weight is 315 g/mol. The minimum Gasteiger partial charge on any atom is -0.330 e. The smallest absolute Gasteiger partial charge is 0.243 e. The molecule has 0 radical (unpaired) electrons. The predicted octanol–water partition coefficient (Wildman–Crippen LogP) is 0.209. The first kappa shape index (κ1) is 15.1. The Balaban J connectivity index is 1.90. The Labute approximate surface area is 121 Å². The van der Waals surface area contributed by atoms with Crippen LogP contribution in [0, 0.1) is 0 Å². The zero-order valence-corrected chi connectivity index (χ0v) is 12.5.